The Hall–Kier alpha value is -0.290. The molecule has 1 aliphatic heterocycles. The lowest BCUT2D eigenvalue weighted by Gasteiger charge is -2.39. The number of piperidine rings is 1. The van der Waals surface area contributed by atoms with Crippen molar-refractivity contribution in [2.45, 2.75) is 57.9 Å². The highest BCUT2D eigenvalue weighted by atomic mass is 19.4. The zero-order valence-electron chi connectivity index (χ0n) is 10.1. The van der Waals surface area contributed by atoms with Gasteiger partial charge in [-0.3, -0.25) is 4.90 Å². The normalized spacial score (nSPS) is 27.8. The monoisotopic (exact) mass is 238 g/mol. The van der Waals surface area contributed by atoms with E-state index in [1.165, 1.54) is 0 Å². The van der Waals surface area contributed by atoms with Gasteiger partial charge < -0.3 is 5.32 Å². The van der Waals surface area contributed by atoms with Crippen molar-refractivity contribution >= 4 is 0 Å². The lowest BCUT2D eigenvalue weighted by molar-refractivity contribution is -0.156. The first-order valence-electron chi connectivity index (χ1n) is 5.85. The average Bonchev–Trinajstić information content (AvgIpc) is 2.14. The fourth-order valence-electron chi connectivity index (χ4n) is 2.21. The van der Waals surface area contributed by atoms with Crippen molar-refractivity contribution in [2.75, 3.05) is 13.1 Å². The summed E-state index contributed by atoms with van der Waals surface area (Å²) in [6, 6.07) is 0.371. The summed E-state index contributed by atoms with van der Waals surface area (Å²) in [4.78, 5) is 1.55. The van der Waals surface area contributed by atoms with Gasteiger partial charge in [-0.2, -0.15) is 13.2 Å². The Morgan fingerprint density at radius 3 is 2.31 bits per heavy atom. The topological polar surface area (TPSA) is 15.3 Å². The van der Waals surface area contributed by atoms with Gasteiger partial charge in [0.25, 0.3) is 0 Å². The Morgan fingerprint density at radius 1 is 1.31 bits per heavy atom. The standard InChI is InChI=1S/C11H21F3N2/c1-8(2)16(7-11(12,13)14)10-5-4-9(3)15-6-10/h8-10,15H,4-7H2,1-3H3. The summed E-state index contributed by atoms with van der Waals surface area (Å²) in [5, 5.41) is 3.24. The van der Waals surface area contributed by atoms with Gasteiger partial charge in [0, 0.05) is 24.7 Å². The van der Waals surface area contributed by atoms with E-state index >= 15 is 0 Å². The predicted octanol–water partition coefficient (Wildman–Crippen LogP) is 2.40. The van der Waals surface area contributed by atoms with Gasteiger partial charge in [0.1, 0.15) is 0 Å². The minimum atomic E-state index is -4.10. The van der Waals surface area contributed by atoms with E-state index in [0.29, 0.717) is 12.6 Å². The number of nitrogens with zero attached hydrogens (tertiary/aromatic N) is 1. The van der Waals surface area contributed by atoms with Gasteiger partial charge in [-0.1, -0.05) is 0 Å². The molecule has 1 aliphatic rings. The fraction of sp³-hybridized carbons (Fsp3) is 1.00. The summed E-state index contributed by atoms with van der Waals surface area (Å²) in [6.45, 7) is 5.58. The maximum absolute atomic E-state index is 12.4. The van der Waals surface area contributed by atoms with Crippen molar-refractivity contribution in [3.8, 4) is 0 Å². The van der Waals surface area contributed by atoms with Gasteiger partial charge in [-0.05, 0) is 33.6 Å². The number of halogens is 3. The van der Waals surface area contributed by atoms with Crippen molar-refractivity contribution in [1.82, 2.24) is 10.2 Å². The zero-order valence-corrected chi connectivity index (χ0v) is 10.1. The van der Waals surface area contributed by atoms with Crippen molar-refractivity contribution < 1.29 is 13.2 Å². The Bertz CT molecular complexity index is 208. The summed E-state index contributed by atoms with van der Waals surface area (Å²) < 4.78 is 37.3. The maximum atomic E-state index is 12.4. The number of nitrogens with one attached hydrogen (secondary N) is 1. The number of hydrogen-bond donors (Lipinski definition) is 1. The van der Waals surface area contributed by atoms with E-state index in [1.807, 2.05) is 13.8 Å². The SMILES string of the molecule is CC1CCC(N(CC(F)(F)F)C(C)C)CN1. The number of rotatable bonds is 3. The highest BCUT2D eigenvalue weighted by Gasteiger charge is 2.35. The molecular formula is C11H21F3N2. The molecule has 2 atom stereocenters. The molecule has 0 aromatic carbocycles. The van der Waals surface area contributed by atoms with Crippen molar-refractivity contribution in [3.05, 3.63) is 0 Å². The van der Waals surface area contributed by atoms with Crippen molar-refractivity contribution in [3.63, 3.8) is 0 Å². The van der Waals surface area contributed by atoms with Crippen molar-refractivity contribution in [2.24, 2.45) is 0 Å². The van der Waals surface area contributed by atoms with Crippen LogP contribution in [0.25, 0.3) is 0 Å². The molecule has 0 radical (unpaired) electrons. The molecule has 0 aromatic heterocycles. The lowest BCUT2D eigenvalue weighted by atomic mass is 9.99. The lowest BCUT2D eigenvalue weighted by Crippen LogP contribution is -2.53. The molecule has 2 unspecified atom stereocenters. The quantitative estimate of drug-likeness (QED) is 0.812. The van der Waals surface area contributed by atoms with E-state index in [9.17, 15) is 13.2 Å². The molecule has 0 aromatic rings. The Kier molecular flexibility index (Phi) is 4.62. The third kappa shape index (κ3) is 4.29. The van der Waals surface area contributed by atoms with Crippen LogP contribution in [0.5, 0.6) is 0 Å². The molecule has 1 rings (SSSR count). The molecular weight excluding hydrogens is 217 g/mol. The molecule has 1 saturated heterocycles. The van der Waals surface area contributed by atoms with Gasteiger partial charge in [-0.15, -0.1) is 0 Å². The van der Waals surface area contributed by atoms with Crippen LogP contribution in [-0.4, -0.2) is 42.3 Å². The molecule has 0 saturated carbocycles. The average molecular weight is 238 g/mol. The first kappa shape index (κ1) is 13.8. The third-order valence-electron chi connectivity index (χ3n) is 3.13. The summed E-state index contributed by atoms with van der Waals surface area (Å²) in [5.41, 5.74) is 0. The molecule has 16 heavy (non-hydrogen) atoms. The van der Waals surface area contributed by atoms with Crippen LogP contribution in [0.15, 0.2) is 0 Å². The van der Waals surface area contributed by atoms with Crippen LogP contribution in [0.4, 0.5) is 13.2 Å². The molecule has 1 N–H and O–H groups in total. The van der Waals surface area contributed by atoms with E-state index in [-0.39, 0.29) is 12.1 Å². The largest absolute Gasteiger partial charge is 0.401 e. The smallest absolute Gasteiger partial charge is 0.313 e. The van der Waals surface area contributed by atoms with Gasteiger partial charge in [-0.25, -0.2) is 0 Å². The Balaban J connectivity index is 2.56. The summed E-state index contributed by atoms with van der Waals surface area (Å²) in [5.74, 6) is 0. The highest BCUT2D eigenvalue weighted by molar-refractivity contribution is 4.84. The van der Waals surface area contributed by atoms with Crippen LogP contribution in [0.1, 0.15) is 33.6 Å². The van der Waals surface area contributed by atoms with E-state index in [2.05, 4.69) is 12.2 Å². The number of hydrogen-bond acceptors (Lipinski definition) is 2. The first-order chi connectivity index (χ1) is 7.29. The minimum Gasteiger partial charge on any atom is -0.313 e. The molecule has 1 fully saturated rings. The van der Waals surface area contributed by atoms with Crippen LogP contribution >= 0.6 is 0 Å². The number of alkyl halides is 3. The van der Waals surface area contributed by atoms with Gasteiger partial charge in [0.15, 0.2) is 0 Å². The molecule has 0 amide bonds. The van der Waals surface area contributed by atoms with E-state index < -0.39 is 12.7 Å². The molecule has 5 heteroatoms. The highest BCUT2D eigenvalue weighted by Crippen LogP contribution is 2.23. The minimum absolute atomic E-state index is 0.0119. The second-order valence-electron chi connectivity index (χ2n) is 4.92. The van der Waals surface area contributed by atoms with E-state index in [1.54, 1.807) is 4.90 Å². The summed E-state index contributed by atoms with van der Waals surface area (Å²) in [6.07, 6.45) is -2.30. The van der Waals surface area contributed by atoms with Crippen LogP contribution in [-0.2, 0) is 0 Å². The maximum Gasteiger partial charge on any atom is 0.401 e. The molecule has 0 bridgehead atoms. The summed E-state index contributed by atoms with van der Waals surface area (Å²) in [7, 11) is 0. The molecule has 96 valence electrons. The van der Waals surface area contributed by atoms with Gasteiger partial charge in [0.2, 0.25) is 0 Å². The third-order valence-corrected chi connectivity index (χ3v) is 3.13. The van der Waals surface area contributed by atoms with Gasteiger partial charge >= 0.3 is 6.18 Å². The van der Waals surface area contributed by atoms with Crippen molar-refractivity contribution in [1.29, 1.82) is 0 Å². The zero-order chi connectivity index (χ0) is 12.3. The van der Waals surface area contributed by atoms with Crippen LogP contribution < -0.4 is 5.32 Å². The first-order valence-corrected chi connectivity index (χ1v) is 5.85. The fourth-order valence-corrected chi connectivity index (χ4v) is 2.21. The van der Waals surface area contributed by atoms with E-state index in [4.69, 9.17) is 0 Å². The Morgan fingerprint density at radius 2 is 1.94 bits per heavy atom. The van der Waals surface area contributed by atoms with Gasteiger partial charge in [0.05, 0.1) is 6.54 Å². The second-order valence-corrected chi connectivity index (χ2v) is 4.92. The molecule has 1 heterocycles. The molecule has 2 nitrogen and oxygen atoms in total. The summed E-state index contributed by atoms with van der Waals surface area (Å²) >= 11 is 0. The van der Waals surface area contributed by atoms with E-state index in [0.717, 1.165) is 12.8 Å². The Labute approximate surface area is 95.2 Å². The van der Waals surface area contributed by atoms with Crippen LogP contribution in [0, 0.1) is 0 Å². The molecule has 0 aliphatic carbocycles. The van der Waals surface area contributed by atoms with Crippen LogP contribution in [0.3, 0.4) is 0 Å². The van der Waals surface area contributed by atoms with Crippen LogP contribution in [0.2, 0.25) is 0 Å². The predicted molar refractivity (Wildman–Crippen MR) is 58.4 cm³/mol. The molecule has 0 spiro atoms. The second kappa shape index (κ2) is 5.36.